The molecule has 110 valence electrons. The number of esters is 1. The van der Waals surface area contributed by atoms with Gasteiger partial charge in [0.05, 0.1) is 18.4 Å². The monoisotopic (exact) mass is 280 g/mol. The third-order valence-electron chi connectivity index (χ3n) is 3.94. The molecule has 0 amide bonds. The van der Waals surface area contributed by atoms with E-state index >= 15 is 0 Å². The summed E-state index contributed by atoms with van der Waals surface area (Å²) in [6.45, 7) is 2.69. The number of nitrogen functional groups attached to an aromatic ring is 1. The minimum absolute atomic E-state index is 0.112. The summed E-state index contributed by atoms with van der Waals surface area (Å²) in [7, 11) is 1.29. The molecule has 1 aromatic rings. The molecule has 1 fully saturated rings. The number of hydrogen-bond donors (Lipinski definition) is 1. The quantitative estimate of drug-likeness (QED) is 0.680. The number of carbonyl (C=O) groups excluding carboxylic acids is 1. The molecule has 0 aromatic heterocycles. The SMILES string of the molecule is CCN(c1cc(C(=O)OC)c(N)cc1F)C1CCCC1. The zero-order valence-corrected chi connectivity index (χ0v) is 12.0. The average Bonchev–Trinajstić information content (AvgIpc) is 2.95. The van der Waals surface area contributed by atoms with Crippen LogP contribution in [0.5, 0.6) is 0 Å². The standard InChI is InChI=1S/C15H21FN2O2/c1-3-18(10-6-4-5-7-10)14-8-11(15(19)20-2)13(17)9-12(14)16/h8-10H,3-7,17H2,1-2H3. The van der Waals surface area contributed by atoms with Crippen LogP contribution >= 0.6 is 0 Å². The first-order valence-electron chi connectivity index (χ1n) is 7.02. The van der Waals surface area contributed by atoms with Crippen molar-refractivity contribution in [3.8, 4) is 0 Å². The summed E-state index contributed by atoms with van der Waals surface area (Å²) in [6.07, 6.45) is 4.46. The molecule has 5 heteroatoms. The predicted molar refractivity (Wildman–Crippen MR) is 77.4 cm³/mol. The highest BCUT2D eigenvalue weighted by Crippen LogP contribution is 2.32. The van der Waals surface area contributed by atoms with Crippen molar-refractivity contribution < 1.29 is 13.9 Å². The van der Waals surface area contributed by atoms with E-state index in [1.54, 1.807) is 0 Å². The van der Waals surface area contributed by atoms with Gasteiger partial charge in [-0.1, -0.05) is 12.8 Å². The van der Waals surface area contributed by atoms with E-state index in [0.717, 1.165) is 12.8 Å². The first-order chi connectivity index (χ1) is 9.58. The summed E-state index contributed by atoms with van der Waals surface area (Å²) >= 11 is 0. The summed E-state index contributed by atoms with van der Waals surface area (Å²) in [6, 6.07) is 3.06. The van der Waals surface area contributed by atoms with Gasteiger partial charge in [0.1, 0.15) is 5.82 Å². The first-order valence-corrected chi connectivity index (χ1v) is 7.02. The van der Waals surface area contributed by atoms with Crippen LogP contribution in [0.3, 0.4) is 0 Å². The lowest BCUT2D eigenvalue weighted by Crippen LogP contribution is -2.34. The maximum Gasteiger partial charge on any atom is 0.340 e. The van der Waals surface area contributed by atoms with Crippen molar-refractivity contribution >= 4 is 17.3 Å². The molecule has 0 heterocycles. The normalized spacial score (nSPS) is 15.3. The minimum atomic E-state index is -0.536. The van der Waals surface area contributed by atoms with Crippen LogP contribution in [0.2, 0.25) is 0 Å². The van der Waals surface area contributed by atoms with Gasteiger partial charge in [-0.15, -0.1) is 0 Å². The van der Waals surface area contributed by atoms with E-state index in [4.69, 9.17) is 10.5 Å². The number of anilines is 2. The molecular formula is C15H21FN2O2. The Hall–Kier alpha value is -1.78. The maximum atomic E-state index is 14.2. The number of nitrogens with two attached hydrogens (primary N) is 1. The molecule has 20 heavy (non-hydrogen) atoms. The van der Waals surface area contributed by atoms with E-state index < -0.39 is 5.97 Å². The number of benzene rings is 1. The fourth-order valence-electron chi connectivity index (χ4n) is 2.93. The smallest absolute Gasteiger partial charge is 0.340 e. The summed E-state index contributed by atoms with van der Waals surface area (Å²) < 4.78 is 18.9. The molecule has 4 nitrogen and oxygen atoms in total. The van der Waals surface area contributed by atoms with Crippen LogP contribution in [0.4, 0.5) is 15.8 Å². The Kier molecular flexibility index (Phi) is 4.47. The third kappa shape index (κ3) is 2.71. The molecule has 0 aliphatic heterocycles. The van der Waals surface area contributed by atoms with Crippen LogP contribution in [-0.4, -0.2) is 25.7 Å². The van der Waals surface area contributed by atoms with Crippen LogP contribution in [0.25, 0.3) is 0 Å². The Labute approximate surface area is 118 Å². The first kappa shape index (κ1) is 14.6. The topological polar surface area (TPSA) is 55.6 Å². The number of rotatable bonds is 4. The van der Waals surface area contributed by atoms with Gasteiger partial charge in [-0.3, -0.25) is 0 Å². The molecule has 0 bridgehead atoms. The number of nitrogens with zero attached hydrogens (tertiary/aromatic N) is 1. The third-order valence-corrected chi connectivity index (χ3v) is 3.94. The van der Waals surface area contributed by atoms with Crippen molar-refractivity contribution in [1.82, 2.24) is 0 Å². The lowest BCUT2D eigenvalue weighted by Gasteiger charge is -2.30. The van der Waals surface area contributed by atoms with Gasteiger partial charge in [0, 0.05) is 18.3 Å². The Morgan fingerprint density at radius 3 is 2.65 bits per heavy atom. The molecular weight excluding hydrogens is 259 g/mol. The van der Waals surface area contributed by atoms with E-state index in [1.807, 2.05) is 11.8 Å². The number of carbonyl (C=O) groups is 1. The second-order valence-electron chi connectivity index (χ2n) is 5.11. The van der Waals surface area contributed by atoms with E-state index in [9.17, 15) is 9.18 Å². The summed E-state index contributed by atoms with van der Waals surface area (Å²) in [5.41, 5.74) is 6.48. The Bertz CT molecular complexity index is 499. The molecule has 0 spiro atoms. The molecule has 1 aliphatic rings. The molecule has 0 saturated heterocycles. The van der Waals surface area contributed by atoms with Gasteiger partial charge >= 0.3 is 5.97 Å². The lowest BCUT2D eigenvalue weighted by atomic mass is 10.1. The van der Waals surface area contributed by atoms with Crippen LogP contribution in [0.15, 0.2) is 12.1 Å². The number of hydrogen-bond acceptors (Lipinski definition) is 4. The van der Waals surface area contributed by atoms with Crippen LogP contribution in [0.1, 0.15) is 43.0 Å². The van der Waals surface area contributed by atoms with Gasteiger partial charge in [-0.25, -0.2) is 9.18 Å². The van der Waals surface area contributed by atoms with Gasteiger partial charge in [0.2, 0.25) is 0 Å². The van der Waals surface area contributed by atoms with E-state index in [2.05, 4.69) is 0 Å². The largest absolute Gasteiger partial charge is 0.465 e. The molecule has 2 rings (SSSR count). The highest BCUT2D eigenvalue weighted by molar-refractivity contribution is 5.96. The highest BCUT2D eigenvalue weighted by Gasteiger charge is 2.25. The summed E-state index contributed by atoms with van der Waals surface area (Å²) in [5, 5.41) is 0. The zero-order valence-electron chi connectivity index (χ0n) is 12.0. The summed E-state index contributed by atoms with van der Waals surface area (Å²) in [5.74, 6) is -0.921. The number of ether oxygens (including phenoxy) is 1. The fraction of sp³-hybridized carbons (Fsp3) is 0.533. The van der Waals surface area contributed by atoms with Crippen LogP contribution < -0.4 is 10.6 Å². The maximum absolute atomic E-state index is 14.2. The second kappa shape index (κ2) is 6.11. The van der Waals surface area contributed by atoms with Crippen molar-refractivity contribution in [1.29, 1.82) is 0 Å². The molecule has 1 aromatic carbocycles. The van der Waals surface area contributed by atoms with Crippen molar-refractivity contribution in [3.05, 3.63) is 23.5 Å². The molecule has 0 radical (unpaired) electrons. The molecule has 0 unspecified atom stereocenters. The van der Waals surface area contributed by atoms with Crippen molar-refractivity contribution in [2.24, 2.45) is 0 Å². The summed E-state index contributed by atoms with van der Waals surface area (Å²) in [4.78, 5) is 13.7. The van der Waals surface area contributed by atoms with Crippen molar-refractivity contribution in [3.63, 3.8) is 0 Å². The van der Waals surface area contributed by atoms with Gasteiger partial charge < -0.3 is 15.4 Å². The van der Waals surface area contributed by atoms with Crippen LogP contribution in [-0.2, 0) is 4.74 Å². The Morgan fingerprint density at radius 1 is 1.45 bits per heavy atom. The number of methoxy groups -OCH3 is 1. The van der Waals surface area contributed by atoms with E-state index in [1.165, 1.54) is 32.1 Å². The van der Waals surface area contributed by atoms with Crippen molar-refractivity contribution in [2.45, 2.75) is 38.6 Å². The molecule has 1 saturated carbocycles. The van der Waals surface area contributed by atoms with E-state index in [-0.39, 0.29) is 17.1 Å². The van der Waals surface area contributed by atoms with Gasteiger partial charge in [0.25, 0.3) is 0 Å². The van der Waals surface area contributed by atoms with Gasteiger partial charge in [-0.05, 0) is 31.9 Å². The van der Waals surface area contributed by atoms with Crippen LogP contribution in [0, 0.1) is 5.82 Å². The minimum Gasteiger partial charge on any atom is -0.465 e. The average molecular weight is 280 g/mol. The predicted octanol–water partition coefficient (Wildman–Crippen LogP) is 2.96. The lowest BCUT2D eigenvalue weighted by molar-refractivity contribution is 0.0602. The van der Waals surface area contributed by atoms with Gasteiger partial charge in [0.15, 0.2) is 0 Å². The zero-order chi connectivity index (χ0) is 14.7. The van der Waals surface area contributed by atoms with Gasteiger partial charge in [-0.2, -0.15) is 0 Å². The number of halogens is 1. The Balaban J connectivity index is 2.40. The highest BCUT2D eigenvalue weighted by atomic mass is 19.1. The fourth-order valence-corrected chi connectivity index (χ4v) is 2.93. The molecule has 0 atom stereocenters. The van der Waals surface area contributed by atoms with Crippen molar-refractivity contribution in [2.75, 3.05) is 24.3 Å². The second-order valence-corrected chi connectivity index (χ2v) is 5.11. The Morgan fingerprint density at radius 2 is 2.10 bits per heavy atom. The molecule has 2 N–H and O–H groups in total. The molecule has 1 aliphatic carbocycles. The van der Waals surface area contributed by atoms with E-state index in [0.29, 0.717) is 18.3 Å².